The molecule has 7 heteroatoms. The van der Waals surface area contributed by atoms with E-state index in [-0.39, 0.29) is 11.5 Å². The minimum absolute atomic E-state index is 0.129. The monoisotopic (exact) mass is 417 g/mol. The third-order valence-electron chi connectivity index (χ3n) is 5.29. The molecule has 29 heavy (non-hydrogen) atoms. The summed E-state index contributed by atoms with van der Waals surface area (Å²) in [5, 5.41) is 0. The largest absolute Gasteiger partial charge is 0.497 e. The quantitative estimate of drug-likeness (QED) is 0.691. The highest BCUT2D eigenvalue weighted by Crippen LogP contribution is 2.32. The van der Waals surface area contributed by atoms with E-state index in [4.69, 9.17) is 9.47 Å². The van der Waals surface area contributed by atoms with Gasteiger partial charge in [0.1, 0.15) is 11.3 Å². The van der Waals surface area contributed by atoms with Crippen LogP contribution in [0.1, 0.15) is 39.0 Å². The SMILES string of the molecule is CCOC(=O)C1(NS(=O)(=O)c2ccc(-c3ccc(OC)cc3)cc2)CCCCC1. The van der Waals surface area contributed by atoms with Crippen LogP contribution in [-0.2, 0) is 19.6 Å². The molecule has 1 aliphatic rings. The van der Waals surface area contributed by atoms with E-state index in [1.165, 1.54) is 0 Å². The highest BCUT2D eigenvalue weighted by atomic mass is 32.2. The van der Waals surface area contributed by atoms with Gasteiger partial charge in [-0.05, 0) is 55.2 Å². The lowest BCUT2D eigenvalue weighted by molar-refractivity contribution is -0.151. The highest BCUT2D eigenvalue weighted by molar-refractivity contribution is 7.89. The van der Waals surface area contributed by atoms with Gasteiger partial charge >= 0.3 is 5.97 Å². The van der Waals surface area contributed by atoms with E-state index < -0.39 is 21.5 Å². The van der Waals surface area contributed by atoms with Gasteiger partial charge in [-0.15, -0.1) is 0 Å². The molecule has 0 unspecified atom stereocenters. The molecule has 2 aromatic rings. The molecule has 1 saturated carbocycles. The molecule has 0 radical (unpaired) electrons. The number of rotatable bonds is 7. The highest BCUT2D eigenvalue weighted by Gasteiger charge is 2.44. The second-order valence-corrected chi connectivity index (χ2v) is 8.90. The van der Waals surface area contributed by atoms with Crippen LogP contribution < -0.4 is 9.46 Å². The molecule has 0 saturated heterocycles. The molecule has 0 amide bonds. The van der Waals surface area contributed by atoms with Crippen molar-refractivity contribution in [1.82, 2.24) is 4.72 Å². The van der Waals surface area contributed by atoms with Gasteiger partial charge < -0.3 is 9.47 Å². The fourth-order valence-corrected chi connectivity index (χ4v) is 5.11. The number of hydrogen-bond acceptors (Lipinski definition) is 5. The van der Waals surface area contributed by atoms with Crippen molar-refractivity contribution in [2.24, 2.45) is 0 Å². The number of nitrogens with one attached hydrogen (secondary N) is 1. The number of hydrogen-bond donors (Lipinski definition) is 1. The van der Waals surface area contributed by atoms with Crippen LogP contribution in [-0.4, -0.2) is 33.6 Å². The van der Waals surface area contributed by atoms with Crippen molar-refractivity contribution in [3.8, 4) is 16.9 Å². The zero-order chi connectivity index (χ0) is 20.9. The van der Waals surface area contributed by atoms with Gasteiger partial charge in [-0.2, -0.15) is 4.72 Å². The Hall–Kier alpha value is -2.38. The summed E-state index contributed by atoms with van der Waals surface area (Å²) in [6, 6.07) is 14.2. The molecule has 1 fully saturated rings. The molecule has 0 atom stereocenters. The summed E-state index contributed by atoms with van der Waals surface area (Å²) in [5.74, 6) is 0.270. The summed E-state index contributed by atoms with van der Waals surface area (Å²) in [7, 11) is -2.25. The number of carbonyl (C=O) groups excluding carboxylic acids is 1. The van der Waals surface area contributed by atoms with Crippen molar-refractivity contribution in [2.75, 3.05) is 13.7 Å². The molecular weight excluding hydrogens is 390 g/mol. The van der Waals surface area contributed by atoms with E-state index in [9.17, 15) is 13.2 Å². The Labute approximate surface area is 172 Å². The van der Waals surface area contributed by atoms with Crippen LogP contribution >= 0.6 is 0 Å². The van der Waals surface area contributed by atoms with E-state index in [2.05, 4.69) is 4.72 Å². The maximum atomic E-state index is 13.0. The van der Waals surface area contributed by atoms with Crippen molar-refractivity contribution < 1.29 is 22.7 Å². The Balaban J connectivity index is 1.83. The van der Waals surface area contributed by atoms with E-state index in [0.717, 1.165) is 36.1 Å². The second kappa shape index (κ2) is 8.97. The number of ether oxygens (including phenoxy) is 2. The predicted molar refractivity (Wildman–Crippen MR) is 111 cm³/mol. The normalized spacial score (nSPS) is 16.2. The van der Waals surface area contributed by atoms with Crippen molar-refractivity contribution in [3.63, 3.8) is 0 Å². The number of methoxy groups -OCH3 is 1. The lowest BCUT2D eigenvalue weighted by Crippen LogP contribution is -2.56. The third kappa shape index (κ3) is 4.79. The fraction of sp³-hybridized carbons (Fsp3) is 0.409. The van der Waals surface area contributed by atoms with Gasteiger partial charge in [0.15, 0.2) is 0 Å². The maximum Gasteiger partial charge on any atom is 0.327 e. The average molecular weight is 418 g/mol. The number of benzene rings is 2. The second-order valence-electron chi connectivity index (χ2n) is 7.22. The van der Waals surface area contributed by atoms with Crippen molar-refractivity contribution in [1.29, 1.82) is 0 Å². The Bertz CT molecular complexity index is 930. The lowest BCUT2D eigenvalue weighted by Gasteiger charge is -2.35. The zero-order valence-corrected chi connectivity index (χ0v) is 17.6. The summed E-state index contributed by atoms with van der Waals surface area (Å²) < 4.78 is 39.0. The number of esters is 1. The van der Waals surface area contributed by atoms with Crippen LogP contribution in [0.25, 0.3) is 11.1 Å². The minimum Gasteiger partial charge on any atom is -0.497 e. The van der Waals surface area contributed by atoms with Gasteiger partial charge in [-0.25, -0.2) is 8.42 Å². The van der Waals surface area contributed by atoms with Gasteiger partial charge in [0.2, 0.25) is 10.0 Å². The van der Waals surface area contributed by atoms with E-state index >= 15 is 0 Å². The van der Waals surface area contributed by atoms with E-state index in [0.29, 0.717) is 12.8 Å². The molecule has 2 aromatic carbocycles. The molecule has 0 bridgehead atoms. The molecule has 1 N–H and O–H groups in total. The molecule has 0 heterocycles. The summed E-state index contributed by atoms with van der Waals surface area (Å²) >= 11 is 0. The molecule has 1 aliphatic carbocycles. The van der Waals surface area contributed by atoms with Crippen LogP contribution in [0.4, 0.5) is 0 Å². The summed E-state index contributed by atoms with van der Waals surface area (Å²) in [5.41, 5.74) is 0.671. The fourth-order valence-electron chi connectivity index (χ4n) is 3.70. The van der Waals surface area contributed by atoms with Gasteiger partial charge in [0.25, 0.3) is 0 Å². The number of sulfonamides is 1. The molecule has 3 rings (SSSR count). The molecule has 0 aromatic heterocycles. The Morgan fingerprint density at radius 2 is 1.52 bits per heavy atom. The molecular formula is C22H27NO5S. The summed E-state index contributed by atoms with van der Waals surface area (Å²) in [6.45, 7) is 1.94. The van der Waals surface area contributed by atoms with Gasteiger partial charge in [0.05, 0.1) is 18.6 Å². The minimum atomic E-state index is -3.86. The number of carbonyl (C=O) groups is 1. The van der Waals surface area contributed by atoms with Gasteiger partial charge in [-0.1, -0.05) is 43.5 Å². The first-order valence-electron chi connectivity index (χ1n) is 9.86. The van der Waals surface area contributed by atoms with Crippen LogP contribution in [0.2, 0.25) is 0 Å². The molecule has 156 valence electrons. The van der Waals surface area contributed by atoms with Crippen molar-refractivity contribution in [3.05, 3.63) is 48.5 Å². The van der Waals surface area contributed by atoms with E-state index in [1.54, 1.807) is 38.3 Å². The van der Waals surface area contributed by atoms with Crippen LogP contribution in [0.5, 0.6) is 5.75 Å². The zero-order valence-electron chi connectivity index (χ0n) is 16.8. The van der Waals surface area contributed by atoms with Crippen molar-refractivity contribution >= 4 is 16.0 Å². The third-order valence-corrected chi connectivity index (χ3v) is 6.84. The van der Waals surface area contributed by atoms with Crippen LogP contribution in [0.15, 0.2) is 53.4 Å². The topological polar surface area (TPSA) is 81.7 Å². The lowest BCUT2D eigenvalue weighted by atomic mass is 9.82. The summed E-state index contributed by atoms with van der Waals surface area (Å²) in [6.07, 6.45) is 3.47. The van der Waals surface area contributed by atoms with Gasteiger partial charge in [0, 0.05) is 0 Å². The van der Waals surface area contributed by atoms with Crippen molar-refractivity contribution in [2.45, 2.75) is 49.5 Å². The standard InChI is InChI=1S/C22H27NO5S/c1-3-28-21(24)22(15-5-4-6-16-22)23-29(25,26)20-13-9-18(10-14-20)17-7-11-19(27-2)12-8-17/h7-14,23H,3-6,15-16H2,1-2H3. The van der Waals surface area contributed by atoms with Crippen LogP contribution in [0.3, 0.4) is 0 Å². The average Bonchev–Trinajstić information content (AvgIpc) is 2.74. The Morgan fingerprint density at radius 3 is 2.03 bits per heavy atom. The maximum absolute atomic E-state index is 13.0. The van der Waals surface area contributed by atoms with E-state index in [1.807, 2.05) is 24.3 Å². The summed E-state index contributed by atoms with van der Waals surface area (Å²) in [4.78, 5) is 12.7. The first-order chi connectivity index (χ1) is 13.9. The Morgan fingerprint density at radius 1 is 0.966 bits per heavy atom. The molecule has 0 spiro atoms. The molecule has 0 aliphatic heterocycles. The van der Waals surface area contributed by atoms with Gasteiger partial charge in [-0.3, -0.25) is 4.79 Å². The first kappa shape index (κ1) is 21.3. The predicted octanol–water partition coefficient (Wildman–Crippen LogP) is 3.91. The van der Waals surface area contributed by atoms with Crippen LogP contribution in [0, 0.1) is 0 Å². The molecule has 6 nitrogen and oxygen atoms in total. The first-order valence-corrected chi connectivity index (χ1v) is 11.3. The smallest absolute Gasteiger partial charge is 0.327 e. The Kier molecular flexibility index (Phi) is 6.59.